The molecule has 1 rings (SSSR count). The molecule has 16 heavy (non-hydrogen) atoms. The maximum absolute atomic E-state index is 11.4. The van der Waals surface area contributed by atoms with Crippen molar-refractivity contribution in [3.63, 3.8) is 0 Å². The Hall–Kier alpha value is -1.98. The van der Waals surface area contributed by atoms with Crippen LogP contribution in [0.3, 0.4) is 0 Å². The van der Waals surface area contributed by atoms with Crippen LogP contribution in [0, 0.1) is 13.8 Å². The van der Waals surface area contributed by atoms with Crippen LogP contribution in [0.4, 0.5) is 0 Å². The van der Waals surface area contributed by atoms with E-state index in [2.05, 4.69) is 9.97 Å². The van der Waals surface area contributed by atoms with E-state index in [1.807, 2.05) is 0 Å². The molecule has 1 N–H and O–H groups in total. The average Bonchev–Trinajstić information content (AvgIpc) is 2.20. The van der Waals surface area contributed by atoms with Gasteiger partial charge >= 0.3 is 11.9 Å². The molecule has 1 aromatic heterocycles. The number of carbonyl (C=O) groups excluding carboxylic acids is 1. The Morgan fingerprint density at radius 2 is 1.69 bits per heavy atom. The molecule has 0 spiro atoms. The van der Waals surface area contributed by atoms with Crippen molar-refractivity contribution in [2.75, 3.05) is 6.61 Å². The fraction of sp³-hybridized carbons (Fsp3) is 0.400. The van der Waals surface area contributed by atoms with Crippen molar-refractivity contribution in [1.82, 2.24) is 9.97 Å². The summed E-state index contributed by atoms with van der Waals surface area (Å²) in [6.07, 6.45) is 0. The molecule has 6 heteroatoms. The largest absolute Gasteiger partial charge is 0.476 e. The molecule has 0 saturated heterocycles. The van der Waals surface area contributed by atoms with Gasteiger partial charge in [-0.1, -0.05) is 0 Å². The summed E-state index contributed by atoms with van der Waals surface area (Å²) in [5, 5.41) is 8.80. The number of aromatic carboxylic acids is 1. The lowest BCUT2D eigenvalue weighted by Gasteiger charge is -2.06. The van der Waals surface area contributed by atoms with Crippen LogP contribution in [0.15, 0.2) is 0 Å². The standard InChI is InChI=1S/C10H12N2O4/c1-4-16-10(15)8-6(3)11-7(9(13)14)5(2)12-8/h4H2,1-3H3,(H,13,14). The number of hydrogen-bond donors (Lipinski definition) is 1. The fourth-order valence-corrected chi connectivity index (χ4v) is 1.20. The van der Waals surface area contributed by atoms with Gasteiger partial charge in [-0.15, -0.1) is 0 Å². The molecule has 0 amide bonds. The SMILES string of the molecule is CCOC(=O)c1nc(C)c(C(=O)O)nc1C. The maximum atomic E-state index is 11.4. The minimum atomic E-state index is -1.16. The molecule has 1 heterocycles. The van der Waals surface area contributed by atoms with Gasteiger partial charge in [-0.3, -0.25) is 0 Å². The molecule has 0 aromatic carbocycles. The van der Waals surface area contributed by atoms with E-state index in [0.29, 0.717) is 0 Å². The summed E-state index contributed by atoms with van der Waals surface area (Å²) < 4.78 is 4.78. The maximum Gasteiger partial charge on any atom is 0.358 e. The lowest BCUT2D eigenvalue weighted by Crippen LogP contribution is -2.15. The van der Waals surface area contributed by atoms with Gasteiger partial charge in [0.05, 0.1) is 18.0 Å². The predicted octanol–water partition coefficient (Wildman–Crippen LogP) is 0.968. The quantitative estimate of drug-likeness (QED) is 0.769. The Bertz CT molecular complexity index is 443. The van der Waals surface area contributed by atoms with E-state index in [1.54, 1.807) is 6.92 Å². The zero-order chi connectivity index (χ0) is 12.3. The summed E-state index contributed by atoms with van der Waals surface area (Å²) in [6.45, 7) is 4.92. The van der Waals surface area contributed by atoms with Crippen molar-refractivity contribution < 1.29 is 19.4 Å². The third-order valence-corrected chi connectivity index (χ3v) is 1.92. The van der Waals surface area contributed by atoms with Crippen LogP contribution in [0.25, 0.3) is 0 Å². The minimum Gasteiger partial charge on any atom is -0.476 e. The second kappa shape index (κ2) is 4.69. The monoisotopic (exact) mass is 224 g/mol. The Morgan fingerprint density at radius 3 is 2.19 bits per heavy atom. The van der Waals surface area contributed by atoms with Crippen LogP contribution in [-0.4, -0.2) is 33.6 Å². The van der Waals surface area contributed by atoms with Gasteiger partial charge in [-0.25, -0.2) is 19.6 Å². The smallest absolute Gasteiger partial charge is 0.358 e. The van der Waals surface area contributed by atoms with E-state index in [4.69, 9.17) is 9.84 Å². The van der Waals surface area contributed by atoms with Crippen molar-refractivity contribution in [1.29, 1.82) is 0 Å². The second-order valence-electron chi connectivity index (χ2n) is 3.12. The van der Waals surface area contributed by atoms with Crippen LogP contribution in [-0.2, 0) is 4.74 Å². The van der Waals surface area contributed by atoms with Crippen LogP contribution in [0.1, 0.15) is 39.3 Å². The van der Waals surface area contributed by atoms with Gasteiger partial charge in [0.2, 0.25) is 0 Å². The lowest BCUT2D eigenvalue weighted by molar-refractivity contribution is 0.0515. The highest BCUT2D eigenvalue weighted by Gasteiger charge is 2.18. The van der Waals surface area contributed by atoms with Crippen molar-refractivity contribution in [2.24, 2.45) is 0 Å². The van der Waals surface area contributed by atoms with Gasteiger partial charge < -0.3 is 9.84 Å². The number of aryl methyl sites for hydroxylation is 2. The van der Waals surface area contributed by atoms with Gasteiger partial charge in [0.1, 0.15) is 0 Å². The van der Waals surface area contributed by atoms with Gasteiger partial charge in [-0.2, -0.15) is 0 Å². The van der Waals surface area contributed by atoms with Gasteiger partial charge in [0.15, 0.2) is 11.4 Å². The highest BCUT2D eigenvalue weighted by atomic mass is 16.5. The molecular weight excluding hydrogens is 212 g/mol. The van der Waals surface area contributed by atoms with Crippen molar-refractivity contribution in [3.05, 3.63) is 22.8 Å². The number of esters is 1. The van der Waals surface area contributed by atoms with Crippen molar-refractivity contribution in [3.8, 4) is 0 Å². The number of aromatic nitrogens is 2. The fourth-order valence-electron chi connectivity index (χ4n) is 1.20. The number of carboxylic acid groups (broad SMARTS) is 1. The topological polar surface area (TPSA) is 89.4 Å². The zero-order valence-electron chi connectivity index (χ0n) is 9.27. The summed E-state index contributed by atoms with van der Waals surface area (Å²) in [7, 11) is 0. The van der Waals surface area contributed by atoms with E-state index in [0.717, 1.165) is 0 Å². The molecule has 0 aliphatic heterocycles. The molecule has 0 aliphatic rings. The van der Waals surface area contributed by atoms with Gasteiger partial charge in [-0.05, 0) is 20.8 Å². The molecule has 0 unspecified atom stereocenters. The van der Waals surface area contributed by atoms with Crippen molar-refractivity contribution in [2.45, 2.75) is 20.8 Å². The summed E-state index contributed by atoms with van der Waals surface area (Å²) in [5.41, 5.74) is 0.359. The number of nitrogens with zero attached hydrogens (tertiary/aromatic N) is 2. The highest BCUT2D eigenvalue weighted by Crippen LogP contribution is 2.09. The second-order valence-corrected chi connectivity index (χ2v) is 3.12. The van der Waals surface area contributed by atoms with Crippen LogP contribution in [0.5, 0.6) is 0 Å². The predicted molar refractivity (Wildman–Crippen MR) is 54.4 cm³/mol. The van der Waals surface area contributed by atoms with E-state index in [-0.39, 0.29) is 29.4 Å². The molecule has 0 atom stereocenters. The Kier molecular flexibility index (Phi) is 3.55. The molecule has 0 bridgehead atoms. The molecule has 0 saturated carbocycles. The van der Waals surface area contributed by atoms with E-state index in [9.17, 15) is 9.59 Å². The van der Waals surface area contributed by atoms with E-state index >= 15 is 0 Å². The summed E-state index contributed by atoms with van der Waals surface area (Å²) in [5.74, 6) is -1.75. The lowest BCUT2D eigenvalue weighted by atomic mass is 10.2. The molecular formula is C10H12N2O4. The molecule has 0 radical (unpaired) electrons. The third-order valence-electron chi connectivity index (χ3n) is 1.92. The first-order chi connectivity index (χ1) is 7.47. The Morgan fingerprint density at radius 1 is 1.19 bits per heavy atom. The summed E-state index contributed by atoms with van der Waals surface area (Å²) in [4.78, 5) is 29.9. The highest BCUT2D eigenvalue weighted by molar-refractivity contribution is 5.90. The zero-order valence-corrected chi connectivity index (χ0v) is 9.27. The number of carbonyl (C=O) groups is 2. The Balaban J connectivity index is 3.20. The van der Waals surface area contributed by atoms with E-state index < -0.39 is 11.9 Å². The van der Waals surface area contributed by atoms with Gasteiger partial charge in [0.25, 0.3) is 0 Å². The minimum absolute atomic E-state index is 0.0596. The van der Waals surface area contributed by atoms with Crippen LogP contribution >= 0.6 is 0 Å². The summed E-state index contributed by atoms with van der Waals surface area (Å²) >= 11 is 0. The third kappa shape index (κ3) is 2.33. The molecule has 1 aromatic rings. The Labute approximate surface area is 92.3 Å². The molecule has 0 fully saturated rings. The first-order valence-corrected chi connectivity index (χ1v) is 4.73. The van der Waals surface area contributed by atoms with Crippen LogP contribution in [0.2, 0.25) is 0 Å². The number of rotatable bonds is 3. The molecule has 6 nitrogen and oxygen atoms in total. The normalized spacial score (nSPS) is 9.94. The molecule has 0 aliphatic carbocycles. The van der Waals surface area contributed by atoms with Crippen molar-refractivity contribution >= 4 is 11.9 Å². The van der Waals surface area contributed by atoms with E-state index in [1.165, 1.54) is 13.8 Å². The first-order valence-electron chi connectivity index (χ1n) is 4.73. The summed E-state index contributed by atoms with van der Waals surface area (Å²) in [6, 6.07) is 0. The average molecular weight is 224 g/mol. The number of hydrogen-bond acceptors (Lipinski definition) is 5. The first kappa shape index (κ1) is 12.1. The molecule has 86 valence electrons. The number of carboxylic acids is 1. The van der Waals surface area contributed by atoms with Crippen LogP contribution < -0.4 is 0 Å². The number of ether oxygens (including phenoxy) is 1. The van der Waals surface area contributed by atoms with Gasteiger partial charge in [0, 0.05) is 0 Å².